The molecule has 128 valence electrons. The van der Waals surface area contributed by atoms with Crippen LogP contribution in [0.3, 0.4) is 0 Å². The van der Waals surface area contributed by atoms with E-state index in [0.29, 0.717) is 5.02 Å². The van der Waals surface area contributed by atoms with Gasteiger partial charge in [0.05, 0.1) is 6.42 Å². The summed E-state index contributed by atoms with van der Waals surface area (Å²) in [6.07, 6.45) is 4.50. The predicted octanol–water partition coefficient (Wildman–Crippen LogP) is 5.43. The third-order valence-electron chi connectivity index (χ3n) is 4.85. The Hall–Kier alpha value is -1.91. The number of benzene rings is 1. The minimum absolute atomic E-state index is 0.0265. The molecule has 0 bridgehead atoms. The van der Waals surface area contributed by atoms with Crippen molar-refractivity contribution in [3.63, 3.8) is 0 Å². The number of carbonyl (C=O) groups is 1. The van der Waals surface area contributed by atoms with Crippen LogP contribution in [-0.2, 0) is 24.1 Å². The Kier molecular flexibility index (Phi) is 4.26. The number of aliphatic carboxylic acids is 1. The molecule has 0 saturated carbocycles. The largest absolute Gasteiger partial charge is 0.481 e. The first-order valence-electron chi connectivity index (χ1n) is 8.46. The molecule has 3 aromatic rings. The summed E-state index contributed by atoms with van der Waals surface area (Å²) in [5, 5.41) is 11.2. The fourth-order valence-electron chi connectivity index (χ4n) is 3.77. The van der Waals surface area contributed by atoms with Crippen LogP contribution in [0.5, 0.6) is 0 Å². The first-order chi connectivity index (χ1) is 12.0. The van der Waals surface area contributed by atoms with Crippen molar-refractivity contribution in [2.75, 3.05) is 0 Å². The van der Waals surface area contributed by atoms with E-state index in [2.05, 4.69) is 0 Å². The van der Waals surface area contributed by atoms with Crippen LogP contribution in [0.2, 0.25) is 5.02 Å². The van der Waals surface area contributed by atoms with Crippen molar-refractivity contribution in [1.29, 1.82) is 0 Å². The molecular formula is C20H18ClNO2S. The molecule has 5 heteroatoms. The Balaban J connectivity index is 2.10. The molecule has 1 aliphatic carbocycles. The van der Waals surface area contributed by atoms with Gasteiger partial charge < -0.3 is 5.11 Å². The van der Waals surface area contributed by atoms with Crippen LogP contribution in [0.25, 0.3) is 21.3 Å². The summed E-state index contributed by atoms with van der Waals surface area (Å²) in [5.41, 5.74) is 4.94. The highest BCUT2D eigenvalue weighted by molar-refractivity contribution is 7.19. The number of aryl methyl sites for hydroxylation is 3. The summed E-state index contributed by atoms with van der Waals surface area (Å²) in [5.74, 6) is -0.836. The van der Waals surface area contributed by atoms with Crippen LogP contribution in [-0.4, -0.2) is 16.1 Å². The van der Waals surface area contributed by atoms with Gasteiger partial charge in [0.2, 0.25) is 0 Å². The Morgan fingerprint density at radius 3 is 2.88 bits per heavy atom. The van der Waals surface area contributed by atoms with E-state index in [1.54, 1.807) is 11.3 Å². The zero-order valence-corrected chi connectivity index (χ0v) is 15.5. The number of thiophene rings is 1. The van der Waals surface area contributed by atoms with Crippen molar-refractivity contribution in [2.24, 2.45) is 0 Å². The Morgan fingerprint density at radius 2 is 2.12 bits per heavy atom. The van der Waals surface area contributed by atoms with Crippen LogP contribution in [0, 0.1) is 6.92 Å². The highest BCUT2D eigenvalue weighted by Crippen LogP contribution is 2.43. The Labute approximate surface area is 155 Å². The summed E-state index contributed by atoms with van der Waals surface area (Å²) in [7, 11) is 0. The smallest absolute Gasteiger partial charge is 0.307 e. The molecule has 0 spiro atoms. The maximum atomic E-state index is 11.5. The Morgan fingerprint density at radius 1 is 1.32 bits per heavy atom. The fraction of sp³-hybridized carbons (Fsp3) is 0.300. The van der Waals surface area contributed by atoms with E-state index in [4.69, 9.17) is 16.6 Å². The van der Waals surface area contributed by atoms with E-state index in [0.717, 1.165) is 45.4 Å². The van der Waals surface area contributed by atoms with Gasteiger partial charge in [-0.3, -0.25) is 4.79 Å². The molecule has 1 aliphatic rings. The van der Waals surface area contributed by atoms with Crippen molar-refractivity contribution < 1.29 is 9.90 Å². The van der Waals surface area contributed by atoms with Gasteiger partial charge in [0, 0.05) is 21.0 Å². The van der Waals surface area contributed by atoms with E-state index in [1.165, 1.54) is 23.3 Å². The Bertz CT molecular complexity index is 993. The van der Waals surface area contributed by atoms with Gasteiger partial charge in [-0.1, -0.05) is 23.7 Å². The van der Waals surface area contributed by atoms with Gasteiger partial charge in [-0.25, -0.2) is 4.98 Å². The SMILES string of the molecule is Cc1nc2sc3c(c2c(-c2cccc(Cl)c2)c1CC(=O)O)CCCC3. The van der Waals surface area contributed by atoms with E-state index in [9.17, 15) is 9.90 Å². The topological polar surface area (TPSA) is 50.2 Å². The zero-order valence-electron chi connectivity index (χ0n) is 13.9. The van der Waals surface area contributed by atoms with E-state index >= 15 is 0 Å². The van der Waals surface area contributed by atoms with Crippen molar-refractivity contribution >= 4 is 39.1 Å². The number of fused-ring (bicyclic) bond motifs is 3. The van der Waals surface area contributed by atoms with Crippen LogP contribution >= 0.6 is 22.9 Å². The van der Waals surface area contributed by atoms with Gasteiger partial charge in [0.25, 0.3) is 0 Å². The van der Waals surface area contributed by atoms with Crippen LogP contribution < -0.4 is 0 Å². The average Bonchev–Trinajstić information content (AvgIpc) is 2.93. The second-order valence-electron chi connectivity index (χ2n) is 6.52. The highest BCUT2D eigenvalue weighted by atomic mass is 35.5. The average molecular weight is 372 g/mol. The van der Waals surface area contributed by atoms with Crippen LogP contribution in [0.15, 0.2) is 24.3 Å². The first kappa shape index (κ1) is 16.6. The zero-order chi connectivity index (χ0) is 17.6. The number of hydrogen-bond acceptors (Lipinski definition) is 3. The number of rotatable bonds is 3. The summed E-state index contributed by atoms with van der Waals surface area (Å²) < 4.78 is 0. The maximum absolute atomic E-state index is 11.5. The lowest BCUT2D eigenvalue weighted by Crippen LogP contribution is -2.07. The third kappa shape index (κ3) is 2.94. The molecule has 2 heterocycles. The summed E-state index contributed by atoms with van der Waals surface area (Å²) in [6, 6.07) is 7.70. The molecule has 1 aromatic carbocycles. The molecule has 0 aliphatic heterocycles. The van der Waals surface area contributed by atoms with Crippen molar-refractivity contribution in [1.82, 2.24) is 4.98 Å². The number of carboxylic acids is 1. The molecular weight excluding hydrogens is 354 g/mol. The third-order valence-corrected chi connectivity index (χ3v) is 6.27. The van der Waals surface area contributed by atoms with Gasteiger partial charge >= 0.3 is 5.97 Å². The van der Waals surface area contributed by atoms with Crippen molar-refractivity contribution in [3.05, 3.63) is 51.0 Å². The first-order valence-corrected chi connectivity index (χ1v) is 9.65. The van der Waals surface area contributed by atoms with Gasteiger partial charge in [0.15, 0.2) is 0 Å². The lowest BCUT2D eigenvalue weighted by Gasteiger charge is -2.16. The molecule has 2 aromatic heterocycles. The number of carboxylic acid groups (broad SMARTS) is 1. The van der Waals surface area contributed by atoms with Crippen molar-refractivity contribution in [2.45, 2.75) is 39.0 Å². The second-order valence-corrected chi connectivity index (χ2v) is 8.04. The maximum Gasteiger partial charge on any atom is 0.307 e. The lowest BCUT2D eigenvalue weighted by molar-refractivity contribution is -0.136. The van der Waals surface area contributed by atoms with E-state index in [-0.39, 0.29) is 6.42 Å². The standard InChI is InChI=1S/C20H18ClNO2S/c1-11-15(10-17(23)24)18(12-5-4-6-13(21)9-12)19-14-7-2-3-8-16(14)25-20(19)22-11/h4-6,9H,2-3,7-8,10H2,1H3,(H,23,24). The molecule has 0 atom stereocenters. The minimum atomic E-state index is -0.836. The molecule has 4 rings (SSSR count). The lowest BCUT2D eigenvalue weighted by atomic mass is 9.89. The summed E-state index contributed by atoms with van der Waals surface area (Å²) in [4.78, 5) is 18.7. The molecule has 0 amide bonds. The molecule has 0 unspecified atom stereocenters. The predicted molar refractivity (Wildman–Crippen MR) is 103 cm³/mol. The van der Waals surface area contributed by atoms with E-state index in [1.807, 2.05) is 31.2 Å². The van der Waals surface area contributed by atoms with E-state index < -0.39 is 5.97 Å². The quantitative estimate of drug-likeness (QED) is 0.667. The van der Waals surface area contributed by atoms with Crippen LogP contribution in [0.4, 0.5) is 0 Å². The summed E-state index contributed by atoms with van der Waals surface area (Å²) >= 11 is 7.99. The molecule has 0 saturated heterocycles. The second kappa shape index (κ2) is 6.43. The minimum Gasteiger partial charge on any atom is -0.481 e. The van der Waals surface area contributed by atoms with Gasteiger partial charge in [-0.2, -0.15) is 0 Å². The van der Waals surface area contributed by atoms with Crippen LogP contribution in [0.1, 0.15) is 34.5 Å². The number of halogens is 1. The summed E-state index contributed by atoms with van der Waals surface area (Å²) in [6.45, 7) is 1.91. The number of nitrogens with zero attached hydrogens (tertiary/aromatic N) is 1. The van der Waals surface area contributed by atoms with Crippen molar-refractivity contribution in [3.8, 4) is 11.1 Å². The normalized spacial score (nSPS) is 13.8. The highest BCUT2D eigenvalue weighted by Gasteiger charge is 2.24. The molecule has 1 N–H and O–H groups in total. The molecule has 3 nitrogen and oxygen atoms in total. The van der Waals surface area contributed by atoms with Gasteiger partial charge in [0.1, 0.15) is 4.83 Å². The number of pyridine rings is 1. The number of hydrogen-bond donors (Lipinski definition) is 1. The van der Waals surface area contributed by atoms with Gasteiger partial charge in [-0.15, -0.1) is 11.3 Å². The number of aromatic nitrogens is 1. The molecule has 25 heavy (non-hydrogen) atoms. The molecule has 0 fully saturated rings. The van der Waals surface area contributed by atoms with Gasteiger partial charge in [-0.05, 0) is 67.0 Å². The monoisotopic (exact) mass is 371 g/mol. The fourth-order valence-corrected chi connectivity index (χ4v) is 5.28. The molecule has 0 radical (unpaired) electrons.